The van der Waals surface area contributed by atoms with Crippen molar-refractivity contribution in [1.29, 1.82) is 0 Å². The third-order valence-electron chi connectivity index (χ3n) is 2.08. The van der Waals surface area contributed by atoms with Crippen LogP contribution in [0.15, 0.2) is 12.1 Å². The van der Waals surface area contributed by atoms with Crippen molar-refractivity contribution in [3.8, 4) is 0 Å². The van der Waals surface area contributed by atoms with Gasteiger partial charge in [0.05, 0.1) is 11.4 Å². The molecular weight excluding hydrogens is 192 g/mol. The molecule has 0 spiro atoms. The van der Waals surface area contributed by atoms with Crippen molar-refractivity contribution >= 4 is 12.0 Å². The monoisotopic (exact) mass is 208 g/mol. The van der Waals surface area contributed by atoms with E-state index in [0.29, 0.717) is 0 Å². The Morgan fingerprint density at radius 1 is 1.53 bits per heavy atom. The van der Waals surface area contributed by atoms with E-state index in [0.717, 1.165) is 17.5 Å². The molecule has 0 aliphatic rings. The van der Waals surface area contributed by atoms with Crippen molar-refractivity contribution in [3.05, 3.63) is 23.5 Å². The molecule has 0 atom stereocenters. The predicted molar refractivity (Wildman–Crippen MR) is 58.6 cm³/mol. The fraction of sp³-hybridized carbons (Fsp3) is 0.455. The first kappa shape index (κ1) is 11.5. The van der Waals surface area contributed by atoms with Crippen molar-refractivity contribution < 1.29 is 9.90 Å². The number of carbonyl (C=O) groups is 1. The molecule has 0 aliphatic carbocycles. The minimum atomic E-state index is -0.950. The van der Waals surface area contributed by atoms with Crippen LogP contribution < -0.4 is 0 Å². The molecule has 4 nitrogen and oxygen atoms in total. The largest absolute Gasteiger partial charge is 0.478 e. The zero-order valence-corrected chi connectivity index (χ0v) is 9.48. The third kappa shape index (κ3) is 2.94. The van der Waals surface area contributed by atoms with Crippen LogP contribution >= 0.6 is 0 Å². The lowest BCUT2D eigenvalue weighted by Crippen LogP contribution is -2.12. The molecular formula is C11H16N2O2. The summed E-state index contributed by atoms with van der Waals surface area (Å²) in [5, 5.41) is 12.8. The van der Waals surface area contributed by atoms with Gasteiger partial charge in [-0.15, -0.1) is 0 Å². The Balaban J connectivity index is 3.02. The Morgan fingerprint density at radius 2 is 2.13 bits per heavy atom. The maximum absolute atomic E-state index is 10.4. The smallest absolute Gasteiger partial charge is 0.328 e. The van der Waals surface area contributed by atoms with Gasteiger partial charge in [0.25, 0.3) is 0 Å². The highest BCUT2D eigenvalue weighted by molar-refractivity contribution is 5.84. The Labute approximate surface area is 89.2 Å². The Kier molecular flexibility index (Phi) is 2.98. The molecule has 0 amide bonds. The van der Waals surface area contributed by atoms with E-state index in [1.807, 2.05) is 6.07 Å². The van der Waals surface area contributed by atoms with Gasteiger partial charge in [-0.3, -0.25) is 4.68 Å². The van der Waals surface area contributed by atoms with Gasteiger partial charge in [0.1, 0.15) is 0 Å². The van der Waals surface area contributed by atoms with E-state index < -0.39 is 5.97 Å². The van der Waals surface area contributed by atoms with Crippen molar-refractivity contribution in [1.82, 2.24) is 9.78 Å². The van der Waals surface area contributed by atoms with Crippen molar-refractivity contribution in [3.63, 3.8) is 0 Å². The summed E-state index contributed by atoms with van der Waals surface area (Å²) in [5.74, 6) is -0.950. The normalized spacial score (nSPS) is 12.3. The fourth-order valence-electron chi connectivity index (χ4n) is 1.16. The molecule has 0 fully saturated rings. The minimum absolute atomic E-state index is 0.0208. The molecule has 82 valence electrons. The Bertz CT molecular complexity index is 397. The van der Waals surface area contributed by atoms with Crippen LogP contribution in [-0.4, -0.2) is 20.9 Å². The summed E-state index contributed by atoms with van der Waals surface area (Å²) in [6, 6.07) is 1.90. The van der Waals surface area contributed by atoms with Crippen LogP contribution in [0.3, 0.4) is 0 Å². The summed E-state index contributed by atoms with van der Waals surface area (Å²) < 4.78 is 1.68. The van der Waals surface area contributed by atoms with Crippen molar-refractivity contribution in [2.45, 2.75) is 26.2 Å². The first-order chi connectivity index (χ1) is 6.80. The summed E-state index contributed by atoms with van der Waals surface area (Å²) in [4.78, 5) is 10.4. The number of aromatic nitrogens is 2. The maximum atomic E-state index is 10.4. The van der Waals surface area contributed by atoms with E-state index in [1.165, 1.54) is 0 Å². The molecule has 0 aromatic carbocycles. The van der Waals surface area contributed by atoms with Gasteiger partial charge in [-0.25, -0.2) is 4.79 Å². The molecule has 0 bridgehead atoms. The molecule has 0 saturated heterocycles. The summed E-state index contributed by atoms with van der Waals surface area (Å²) >= 11 is 0. The second kappa shape index (κ2) is 3.88. The number of hydrogen-bond donors (Lipinski definition) is 1. The third-order valence-corrected chi connectivity index (χ3v) is 2.08. The SMILES string of the molecule is Cn1nc(C(C)(C)C)cc1/C=C/C(=O)O. The van der Waals surface area contributed by atoms with Crippen LogP contribution in [0.5, 0.6) is 0 Å². The van der Waals surface area contributed by atoms with Gasteiger partial charge in [-0.1, -0.05) is 20.8 Å². The Hall–Kier alpha value is -1.58. The van der Waals surface area contributed by atoms with Gasteiger partial charge in [-0.2, -0.15) is 5.10 Å². The summed E-state index contributed by atoms with van der Waals surface area (Å²) in [6.45, 7) is 6.21. The van der Waals surface area contributed by atoms with E-state index in [2.05, 4.69) is 25.9 Å². The average molecular weight is 208 g/mol. The van der Waals surface area contributed by atoms with Gasteiger partial charge in [0.2, 0.25) is 0 Å². The zero-order chi connectivity index (χ0) is 11.6. The summed E-state index contributed by atoms with van der Waals surface area (Å²) in [6.07, 6.45) is 2.66. The number of rotatable bonds is 2. The average Bonchev–Trinajstić information content (AvgIpc) is 2.42. The molecule has 15 heavy (non-hydrogen) atoms. The molecule has 1 aromatic heterocycles. The molecule has 0 unspecified atom stereocenters. The molecule has 0 aliphatic heterocycles. The zero-order valence-electron chi connectivity index (χ0n) is 9.48. The van der Waals surface area contributed by atoms with E-state index in [-0.39, 0.29) is 5.41 Å². The van der Waals surface area contributed by atoms with Crippen molar-refractivity contribution in [2.24, 2.45) is 7.05 Å². The molecule has 1 N–H and O–H groups in total. The molecule has 1 aromatic rings. The van der Waals surface area contributed by atoms with Crippen LogP contribution in [0.4, 0.5) is 0 Å². The second-order valence-electron chi connectivity index (χ2n) is 4.50. The lowest BCUT2D eigenvalue weighted by atomic mass is 9.92. The standard InChI is InChI=1S/C11H16N2O2/c1-11(2,3)9-7-8(13(4)12-9)5-6-10(14)15/h5-7H,1-4H3,(H,14,15)/b6-5+. The minimum Gasteiger partial charge on any atom is -0.478 e. The lowest BCUT2D eigenvalue weighted by Gasteiger charge is -2.13. The topological polar surface area (TPSA) is 55.1 Å². The molecule has 1 rings (SSSR count). The van der Waals surface area contributed by atoms with Gasteiger partial charge in [0, 0.05) is 18.5 Å². The van der Waals surface area contributed by atoms with E-state index in [9.17, 15) is 4.79 Å². The predicted octanol–water partition coefficient (Wildman–Crippen LogP) is 1.82. The Morgan fingerprint density at radius 3 is 2.53 bits per heavy atom. The maximum Gasteiger partial charge on any atom is 0.328 e. The molecule has 0 saturated carbocycles. The number of aryl methyl sites for hydroxylation is 1. The summed E-state index contributed by atoms with van der Waals surface area (Å²) in [7, 11) is 1.80. The van der Waals surface area contributed by atoms with Gasteiger partial charge in [0.15, 0.2) is 0 Å². The van der Waals surface area contributed by atoms with Gasteiger partial charge < -0.3 is 5.11 Å². The molecule has 0 radical (unpaired) electrons. The number of carboxylic acid groups (broad SMARTS) is 1. The quantitative estimate of drug-likeness (QED) is 0.754. The van der Waals surface area contributed by atoms with Crippen LogP contribution in [0.2, 0.25) is 0 Å². The highest BCUT2D eigenvalue weighted by atomic mass is 16.4. The fourth-order valence-corrected chi connectivity index (χ4v) is 1.16. The van der Waals surface area contributed by atoms with Crippen LogP contribution in [0, 0.1) is 0 Å². The van der Waals surface area contributed by atoms with Gasteiger partial charge >= 0.3 is 5.97 Å². The van der Waals surface area contributed by atoms with Crippen LogP contribution in [0.1, 0.15) is 32.2 Å². The number of nitrogens with zero attached hydrogens (tertiary/aromatic N) is 2. The van der Waals surface area contributed by atoms with Crippen molar-refractivity contribution in [2.75, 3.05) is 0 Å². The first-order valence-corrected chi connectivity index (χ1v) is 4.76. The molecule has 4 heteroatoms. The second-order valence-corrected chi connectivity index (χ2v) is 4.50. The van der Waals surface area contributed by atoms with E-state index >= 15 is 0 Å². The number of carboxylic acids is 1. The molecule has 1 heterocycles. The van der Waals surface area contributed by atoms with Gasteiger partial charge in [-0.05, 0) is 12.1 Å². The van der Waals surface area contributed by atoms with E-state index in [1.54, 1.807) is 17.8 Å². The lowest BCUT2D eigenvalue weighted by molar-refractivity contribution is -0.131. The highest BCUT2D eigenvalue weighted by Crippen LogP contribution is 2.21. The first-order valence-electron chi connectivity index (χ1n) is 4.76. The number of aliphatic carboxylic acids is 1. The highest BCUT2D eigenvalue weighted by Gasteiger charge is 2.17. The number of hydrogen-bond acceptors (Lipinski definition) is 2. The summed E-state index contributed by atoms with van der Waals surface area (Å²) in [5.41, 5.74) is 1.73. The van der Waals surface area contributed by atoms with Crippen LogP contribution in [-0.2, 0) is 17.3 Å². The van der Waals surface area contributed by atoms with Crippen LogP contribution in [0.25, 0.3) is 6.08 Å². The van der Waals surface area contributed by atoms with E-state index in [4.69, 9.17) is 5.11 Å².